The number of hydrogen-bond donors (Lipinski definition) is 3. The van der Waals surface area contributed by atoms with E-state index in [0.717, 1.165) is 10.5 Å². The van der Waals surface area contributed by atoms with Crippen LogP contribution in [0.2, 0.25) is 0 Å². The highest BCUT2D eigenvalue weighted by Crippen LogP contribution is 2.35. The third kappa shape index (κ3) is 8.73. The Morgan fingerprint density at radius 1 is 1.04 bits per heavy atom. The number of halogens is 3. The van der Waals surface area contributed by atoms with E-state index in [1.54, 1.807) is 36.2 Å². The van der Waals surface area contributed by atoms with Gasteiger partial charge in [0, 0.05) is 91.3 Å². The number of amides is 5. The van der Waals surface area contributed by atoms with Gasteiger partial charge in [0.1, 0.15) is 17.6 Å². The van der Waals surface area contributed by atoms with Crippen molar-refractivity contribution in [3.8, 4) is 17.0 Å². The summed E-state index contributed by atoms with van der Waals surface area (Å²) in [7, 11) is 0. The number of rotatable bonds is 12. The normalized spacial score (nSPS) is 17.3. The Morgan fingerprint density at radius 2 is 1.82 bits per heavy atom. The predicted molar refractivity (Wildman–Crippen MR) is 199 cm³/mol. The molecule has 0 bridgehead atoms. The van der Waals surface area contributed by atoms with E-state index >= 15 is 0 Å². The van der Waals surface area contributed by atoms with Gasteiger partial charge in [-0.3, -0.25) is 34.4 Å². The molecule has 5 heterocycles. The monoisotopic (exact) mass is 792 g/mol. The zero-order valence-corrected chi connectivity index (χ0v) is 30.8. The molecule has 0 saturated carbocycles. The maximum absolute atomic E-state index is 13.2. The molecule has 286 valence electrons. The molecule has 1 unspecified atom stereocenters. The number of piperazine rings is 1. The van der Waals surface area contributed by atoms with Crippen LogP contribution in [0.5, 0.6) is 5.75 Å². The fourth-order valence-corrected chi connectivity index (χ4v) is 7.93. The number of pyridine rings is 1. The summed E-state index contributed by atoms with van der Waals surface area (Å²) in [6.07, 6.45) is 4.54. The second kappa shape index (κ2) is 16.0. The van der Waals surface area contributed by atoms with Gasteiger partial charge in [-0.1, -0.05) is 6.07 Å². The van der Waals surface area contributed by atoms with Crippen molar-refractivity contribution in [2.75, 3.05) is 42.1 Å². The van der Waals surface area contributed by atoms with E-state index in [0.29, 0.717) is 86.1 Å². The largest absolute Gasteiger partial charge is 0.487 e. The van der Waals surface area contributed by atoms with Crippen LogP contribution >= 0.6 is 23.4 Å². The Kier molecular flexibility index (Phi) is 11.0. The van der Waals surface area contributed by atoms with Crippen LogP contribution in [0, 0.1) is 0 Å². The molecule has 0 radical (unpaired) electrons. The average Bonchev–Trinajstić information content (AvgIpc) is 3.82. The molecule has 3 N–H and O–H groups in total. The van der Waals surface area contributed by atoms with Gasteiger partial charge in [0.15, 0.2) is 0 Å². The van der Waals surface area contributed by atoms with E-state index in [1.165, 1.54) is 35.4 Å². The van der Waals surface area contributed by atoms with Gasteiger partial charge in [0.2, 0.25) is 17.7 Å². The number of hydrogen-bond acceptors (Lipinski definition) is 10. The summed E-state index contributed by atoms with van der Waals surface area (Å²) in [6, 6.07) is 13.6. The maximum Gasteiger partial charge on any atom is 0.487 e. The molecule has 5 amide bonds. The topological polar surface area (TPSA) is 170 Å². The first-order valence-corrected chi connectivity index (χ1v) is 18.9. The standard InChI is InChI=1S/C37H35ClF2N8O6S/c38-37(39,40)54-24-8-6-23(7-9-24)43-34(51)22-19-26(28-12-13-42-45-28)33(41-20-22)47-16-14-46(15-17-47)32(50)5-2-18-55-30-4-1-3-25-27(30)21-48(36(25)53)29-10-11-31(49)44-35(29)52/h1,3-4,6-9,12-13,19-20,29H,2,5,10-11,14-18,21H2,(H,42,45)(H,43,51)(H,44,49,52). The fraction of sp³-hybridized carbons (Fsp3) is 0.324. The lowest BCUT2D eigenvalue weighted by Crippen LogP contribution is -2.52. The van der Waals surface area contributed by atoms with Gasteiger partial charge < -0.3 is 24.8 Å². The van der Waals surface area contributed by atoms with E-state index in [1.807, 2.05) is 17.0 Å². The molecule has 3 aliphatic rings. The van der Waals surface area contributed by atoms with E-state index in [4.69, 9.17) is 11.6 Å². The zero-order valence-electron chi connectivity index (χ0n) is 29.2. The number of H-pyrrole nitrogens is 1. The average molecular weight is 793 g/mol. The molecule has 0 aliphatic carbocycles. The third-order valence-corrected chi connectivity index (χ3v) is 10.8. The van der Waals surface area contributed by atoms with Crippen LogP contribution in [-0.4, -0.2) is 98.1 Å². The number of thioether (sulfide) groups is 1. The number of alkyl halides is 3. The molecular weight excluding hydrogens is 758 g/mol. The molecule has 2 aromatic carbocycles. The fourth-order valence-electron chi connectivity index (χ4n) is 6.80. The number of nitrogens with zero attached hydrogens (tertiary/aromatic N) is 5. The van der Waals surface area contributed by atoms with Crippen molar-refractivity contribution in [1.29, 1.82) is 0 Å². The van der Waals surface area contributed by atoms with Crippen LogP contribution in [0.25, 0.3) is 11.3 Å². The smallest absolute Gasteiger partial charge is 0.420 e. The van der Waals surface area contributed by atoms with Crippen LogP contribution in [0.15, 0.2) is 71.9 Å². The summed E-state index contributed by atoms with van der Waals surface area (Å²) in [4.78, 5) is 74.6. The van der Waals surface area contributed by atoms with E-state index < -0.39 is 23.4 Å². The van der Waals surface area contributed by atoms with Gasteiger partial charge in [-0.25, -0.2) is 4.98 Å². The molecule has 2 fully saturated rings. The number of aromatic nitrogens is 3. The highest BCUT2D eigenvalue weighted by Gasteiger charge is 2.40. The number of benzene rings is 2. The SMILES string of the molecule is O=C1CCC(N2Cc3c(SCCCC(=O)N4CCN(c5ncc(C(=O)Nc6ccc(OC(F)(F)Cl)cc6)cc5-c5ccn[nH]5)CC4)cccc3C2=O)C(=O)N1. The van der Waals surface area contributed by atoms with Crippen molar-refractivity contribution in [1.82, 2.24) is 30.3 Å². The van der Waals surface area contributed by atoms with Gasteiger partial charge in [0.05, 0.1) is 11.3 Å². The van der Waals surface area contributed by atoms with Crippen molar-refractivity contribution >= 4 is 64.4 Å². The highest BCUT2D eigenvalue weighted by atomic mass is 35.5. The Balaban J connectivity index is 0.915. The minimum absolute atomic E-state index is 0.0440. The Labute approximate surface area is 322 Å². The number of carbonyl (C=O) groups excluding carboxylic acids is 5. The Hall–Kier alpha value is -5.55. The highest BCUT2D eigenvalue weighted by molar-refractivity contribution is 7.99. The van der Waals surface area contributed by atoms with E-state index in [2.05, 4.69) is 35.5 Å². The number of carbonyl (C=O) groups is 5. The molecule has 2 saturated heterocycles. The molecule has 3 aliphatic heterocycles. The van der Waals surface area contributed by atoms with Crippen LogP contribution in [0.4, 0.5) is 20.3 Å². The maximum atomic E-state index is 13.2. The van der Waals surface area contributed by atoms with Crippen molar-refractivity contribution < 1.29 is 37.5 Å². The summed E-state index contributed by atoms with van der Waals surface area (Å²) in [5.74, 6) is -0.291. The lowest BCUT2D eigenvalue weighted by molar-refractivity contribution is -0.137. The molecule has 0 spiro atoms. The van der Waals surface area contributed by atoms with Gasteiger partial charge in [-0.05, 0) is 72.7 Å². The molecule has 1 atom stereocenters. The first kappa shape index (κ1) is 37.8. The summed E-state index contributed by atoms with van der Waals surface area (Å²) in [6.45, 7) is 2.30. The summed E-state index contributed by atoms with van der Waals surface area (Å²) in [5, 5.41) is 12.0. The molecular formula is C37H35ClF2N8O6S. The molecule has 18 heteroatoms. The minimum Gasteiger partial charge on any atom is -0.420 e. The van der Waals surface area contributed by atoms with Crippen LogP contribution in [-0.2, 0) is 20.9 Å². The van der Waals surface area contributed by atoms with Crippen LogP contribution in [0.3, 0.4) is 0 Å². The number of anilines is 2. The van der Waals surface area contributed by atoms with Gasteiger partial charge >= 0.3 is 5.57 Å². The third-order valence-electron chi connectivity index (χ3n) is 9.53. The number of ether oxygens (including phenoxy) is 1. The van der Waals surface area contributed by atoms with Gasteiger partial charge in [-0.15, -0.1) is 20.5 Å². The predicted octanol–water partition coefficient (Wildman–Crippen LogP) is 4.87. The lowest BCUT2D eigenvalue weighted by atomic mass is 10.0. The first-order valence-electron chi connectivity index (χ1n) is 17.5. The second-order valence-corrected chi connectivity index (χ2v) is 14.7. The summed E-state index contributed by atoms with van der Waals surface area (Å²) >= 11 is 6.40. The minimum atomic E-state index is -3.85. The van der Waals surface area contributed by atoms with E-state index in [-0.39, 0.29) is 35.5 Å². The number of aromatic amines is 1. The van der Waals surface area contributed by atoms with E-state index in [9.17, 15) is 32.8 Å². The van der Waals surface area contributed by atoms with Crippen molar-refractivity contribution in [2.45, 2.75) is 48.7 Å². The molecule has 55 heavy (non-hydrogen) atoms. The van der Waals surface area contributed by atoms with Crippen molar-refractivity contribution in [3.63, 3.8) is 0 Å². The summed E-state index contributed by atoms with van der Waals surface area (Å²) in [5.41, 5.74) is -0.538. The quantitative estimate of drug-likeness (QED) is 0.0779. The number of piperidine rings is 1. The van der Waals surface area contributed by atoms with Gasteiger partial charge in [0.25, 0.3) is 11.8 Å². The molecule has 14 nitrogen and oxygen atoms in total. The Morgan fingerprint density at radius 3 is 2.53 bits per heavy atom. The van der Waals surface area contributed by atoms with Crippen LogP contribution in [0.1, 0.15) is 52.0 Å². The zero-order chi connectivity index (χ0) is 38.7. The number of fused-ring (bicyclic) bond motifs is 1. The first-order chi connectivity index (χ1) is 26.4. The number of nitrogens with one attached hydrogen (secondary N) is 3. The Bertz CT molecular complexity index is 2110. The molecule has 7 rings (SSSR count). The molecule has 4 aromatic rings. The van der Waals surface area contributed by atoms with Crippen LogP contribution < -0.4 is 20.3 Å². The van der Waals surface area contributed by atoms with Gasteiger partial charge in [-0.2, -0.15) is 5.10 Å². The second-order valence-electron chi connectivity index (χ2n) is 13.1. The van der Waals surface area contributed by atoms with Crippen molar-refractivity contribution in [3.05, 3.63) is 83.7 Å². The molecule has 2 aromatic heterocycles. The van der Waals surface area contributed by atoms with Crippen molar-refractivity contribution in [2.24, 2.45) is 0 Å². The summed E-state index contributed by atoms with van der Waals surface area (Å²) < 4.78 is 30.2. The number of imide groups is 1. The lowest BCUT2D eigenvalue weighted by Gasteiger charge is -2.36.